The second kappa shape index (κ2) is 10.0. The highest BCUT2D eigenvalue weighted by Gasteiger charge is 2.18. The van der Waals surface area contributed by atoms with Crippen LogP contribution in [0.5, 0.6) is 5.75 Å². The van der Waals surface area contributed by atoms with Gasteiger partial charge in [-0.3, -0.25) is 24.0 Å². The Kier molecular flexibility index (Phi) is 7.37. The number of rotatable bonds is 9. The third kappa shape index (κ3) is 5.03. The zero-order chi connectivity index (χ0) is 23.4. The van der Waals surface area contributed by atoms with E-state index in [1.807, 2.05) is 6.92 Å². The van der Waals surface area contributed by atoms with Crippen molar-refractivity contribution in [3.63, 3.8) is 0 Å². The molecule has 0 radical (unpaired) electrons. The lowest BCUT2D eigenvalue weighted by Crippen LogP contribution is -2.31. The van der Waals surface area contributed by atoms with Crippen molar-refractivity contribution in [3.8, 4) is 5.75 Å². The van der Waals surface area contributed by atoms with E-state index in [2.05, 4.69) is 15.3 Å². The largest absolute Gasteiger partial charge is 0.495 e. The van der Waals surface area contributed by atoms with Crippen LogP contribution >= 0.6 is 11.6 Å². The molecule has 0 bridgehead atoms. The molecule has 2 N–H and O–H groups in total. The van der Waals surface area contributed by atoms with Crippen LogP contribution in [0.2, 0.25) is 5.02 Å². The Hall–Kier alpha value is -3.11. The van der Waals surface area contributed by atoms with Gasteiger partial charge in [0.25, 0.3) is 5.56 Å². The van der Waals surface area contributed by atoms with Gasteiger partial charge >= 0.3 is 5.69 Å². The van der Waals surface area contributed by atoms with E-state index in [-0.39, 0.29) is 12.5 Å². The summed E-state index contributed by atoms with van der Waals surface area (Å²) < 4.78 is 8.40. The van der Waals surface area contributed by atoms with Crippen LogP contribution in [0.25, 0.3) is 11.2 Å². The number of anilines is 1. The fourth-order valence-electron chi connectivity index (χ4n) is 3.47. The molecule has 11 heteroatoms. The number of amides is 1. The van der Waals surface area contributed by atoms with Crippen molar-refractivity contribution in [1.29, 1.82) is 0 Å². The first-order chi connectivity index (χ1) is 15.2. The number of hydrogen-bond donors (Lipinski definition) is 2. The molecule has 0 aliphatic heterocycles. The molecule has 2 aromatic heterocycles. The van der Waals surface area contributed by atoms with Crippen molar-refractivity contribution in [2.45, 2.75) is 32.9 Å². The number of ether oxygens (including phenoxy) is 1. The molecule has 32 heavy (non-hydrogen) atoms. The number of aromatic amines is 1. The SMILES string of the molecule is CCCCn1c(=O)[nH]c(=O)c2c1nc(CN(C)CC(=O)Nc1cc(Cl)ccc1OC)n2C. The van der Waals surface area contributed by atoms with E-state index in [1.54, 1.807) is 41.8 Å². The number of H-pyrrole nitrogens is 1. The number of fused-ring (bicyclic) bond motifs is 1. The van der Waals surface area contributed by atoms with Crippen LogP contribution in [0, 0.1) is 0 Å². The number of likely N-dealkylation sites (N-methyl/N-ethyl adjacent to an activating group) is 1. The van der Waals surface area contributed by atoms with E-state index in [1.165, 1.54) is 11.7 Å². The van der Waals surface area contributed by atoms with E-state index in [0.29, 0.717) is 46.5 Å². The van der Waals surface area contributed by atoms with Crippen molar-refractivity contribution < 1.29 is 9.53 Å². The molecule has 1 amide bonds. The summed E-state index contributed by atoms with van der Waals surface area (Å²) in [7, 11) is 5.00. The van der Waals surface area contributed by atoms with Gasteiger partial charge in [0.1, 0.15) is 11.6 Å². The fourth-order valence-corrected chi connectivity index (χ4v) is 3.64. The summed E-state index contributed by atoms with van der Waals surface area (Å²) in [6, 6.07) is 4.97. The molecule has 0 fully saturated rings. The standard InChI is InChI=1S/C21H27ClN6O4/c1-5-6-9-28-19-18(20(30)25-21(28)31)27(3)16(24-19)11-26(2)12-17(29)23-14-10-13(22)7-8-15(14)32-4/h7-8,10H,5-6,9,11-12H2,1-4H3,(H,23,29)(H,25,30,31). The Morgan fingerprint density at radius 2 is 2.09 bits per heavy atom. The van der Waals surface area contributed by atoms with Gasteiger partial charge in [-0.05, 0) is 31.7 Å². The van der Waals surface area contributed by atoms with Crippen LogP contribution < -0.4 is 21.3 Å². The second-order valence-corrected chi connectivity index (χ2v) is 8.03. The quantitative estimate of drug-likeness (QED) is 0.502. The lowest BCUT2D eigenvalue weighted by Gasteiger charge is -2.17. The van der Waals surface area contributed by atoms with E-state index >= 15 is 0 Å². The second-order valence-electron chi connectivity index (χ2n) is 7.59. The summed E-state index contributed by atoms with van der Waals surface area (Å²) >= 11 is 6.01. The Morgan fingerprint density at radius 3 is 2.78 bits per heavy atom. The average molecular weight is 463 g/mol. The number of halogens is 1. The third-order valence-electron chi connectivity index (χ3n) is 5.10. The molecular weight excluding hydrogens is 436 g/mol. The van der Waals surface area contributed by atoms with Gasteiger partial charge in [-0.1, -0.05) is 24.9 Å². The number of methoxy groups -OCH3 is 1. The first-order valence-corrected chi connectivity index (χ1v) is 10.6. The lowest BCUT2D eigenvalue weighted by atomic mass is 10.3. The van der Waals surface area contributed by atoms with E-state index in [9.17, 15) is 14.4 Å². The number of carbonyl (C=O) groups is 1. The number of aryl methyl sites for hydroxylation is 2. The average Bonchev–Trinajstić information content (AvgIpc) is 3.04. The summed E-state index contributed by atoms with van der Waals surface area (Å²) in [5.41, 5.74) is 0.215. The van der Waals surface area contributed by atoms with Crippen molar-refractivity contribution >= 4 is 34.4 Å². The molecule has 3 rings (SSSR count). The van der Waals surface area contributed by atoms with Crippen LogP contribution in [0.15, 0.2) is 27.8 Å². The molecule has 10 nitrogen and oxygen atoms in total. The Bertz CT molecular complexity index is 1250. The maximum atomic E-state index is 12.5. The zero-order valence-corrected chi connectivity index (χ0v) is 19.3. The van der Waals surface area contributed by atoms with Gasteiger partial charge in [0.15, 0.2) is 11.2 Å². The van der Waals surface area contributed by atoms with Gasteiger partial charge in [0, 0.05) is 18.6 Å². The number of benzene rings is 1. The van der Waals surface area contributed by atoms with Crippen LogP contribution in [0.4, 0.5) is 5.69 Å². The van der Waals surface area contributed by atoms with Crippen molar-refractivity contribution in [2.75, 3.05) is 26.0 Å². The van der Waals surface area contributed by atoms with Crippen molar-refractivity contribution in [3.05, 3.63) is 49.9 Å². The predicted octanol–water partition coefficient (Wildman–Crippen LogP) is 1.96. The van der Waals surface area contributed by atoms with Crippen molar-refractivity contribution in [1.82, 2.24) is 24.0 Å². The minimum atomic E-state index is -0.479. The molecule has 172 valence electrons. The lowest BCUT2D eigenvalue weighted by molar-refractivity contribution is -0.117. The maximum Gasteiger partial charge on any atom is 0.330 e. The molecule has 0 atom stereocenters. The van der Waals surface area contributed by atoms with Crippen LogP contribution in [-0.2, 0) is 24.9 Å². The highest BCUT2D eigenvalue weighted by atomic mass is 35.5. The molecule has 2 heterocycles. The van der Waals surface area contributed by atoms with Gasteiger partial charge in [-0.25, -0.2) is 9.78 Å². The first-order valence-electron chi connectivity index (χ1n) is 10.3. The van der Waals surface area contributed by atoms with Crippen molar-refractivity contribution in [2.24, 2.45) is 7.05 Å². The molecular formula is C21H27ClN6O4. The molecule has 0 spiro atoms. The molecule has 0 aliphatic rings. The number of carbonyl (C=O) groups excluding carboxylic acids is 1. The topological polar surface area (TPSA) is 114 Å². The maximum absolute atomic E-state index is 12.5. The van der Waals surface area contributed by atoms with Crippen LogP contribution in [-0.4, -0.2) is 50.6 Å². The smallest absolute Gasteiger partial charge is 0.330 e. The van der Waals surface area contributed by atoms with Gasteiger partial charge in [-0.2, -0.15) is 0 Å². The number of aromatic nitrogens is 4. The highest BCUT2D eigenvalue weighted by Crippen LogP contribution is 2.27. The zero-order valence-electron chi connectivity index (χ0n) is 18.6. The molecule has 0 saturated carbocycles. The molecule has 0 unspecified atom stereocenters. The number of unbranched alkanes of at least 4 members (excludes halogenated alkanes) is 1. The Balaban J connectivity index is 1.79. The Morgan fingerprint density at radius 1 is 1.34 bits per heavy atom. The number of nitrogens with zero attached hydrogens (tertiary/aromatic N) is 4. The van der Waals surface area contributed by atoms with Crippen LogP contribution in [0.1, 0.15) is 25.6 Å². The molecule has 3 aromatic rings. The van der Waals surface area contributed by atoms with Gasteiger partial charge in [0.2, 0.25) is 5.91 Å². The van der Waals surface area contributed by atoms with Crippen LogP contribution in [0.3, 0.4) is 0 Å². The van der Waals surface area contributed by atoms with E-state index in [4.69, 9.17) is 16.3 Å². The summed E-state index contributed by atoms with van der Waals surface area (Å²) in [5.74, 6) is 0.812. The summed E-state index contributed by atoms with van der Waals surface area (Å²) in [5, 5.41) is 3.27. The van der Waals surface area contributed by atoms with Gasteiger partial charge < -0.3 is 14.6 Å². The minimum absolute atomic E-state index is 0.0673. The van der Waals surface area contributed by atoms with Gasteiger partial charge in [-0.15, -0.1) is 0 Å². The first kappa shape index (κ1) is 23.6. The third-order valence-corrected chi connectivity index (χ3v) is 5.34. The molecule has 0 aliphatic carbocycles. The predicted molar refractivity (Wildman–Crippen MR) is 123 cm³/mol. The van der Waals surface area contributed by atoms with E-state index < -0.39 is 11.2 Å². The van der Waals surface area contributed by atoms with Gasteiger partial charge in [0.05, 0.1) is 25.9 Å². The normalized spacial score (nSPS) is 11.3. The Labute approximate surface area is 189 Å². The van der Waals surface area contributed by atoms with E-state index in [0.717, 1.165) is 12.8 Å². The molecule has 1 aromatic carbocycles. The molecule has 0 saturated heterocycles. The number of nitrogens with one attached hydrogen (secondary N) is 2. The monoisotopic (exact) mass is 462 g/mol. The fraction of sp³-hybridized carbons (Fsp3) is 0.429. The minimum Gasteiger partial charge on any atom is -0.495 e. The highest BCUT2D eigenvalue weighted by molar-refractivity contribution is 6.31. The summed E-state index contributed by atoms with van der Waals surface area (Å²) in [6.07, 6.45) is 1.70. The number of imidazole rings is 1. The summed E-state index contributed by atoms with van der Waals surface area (Å²) in [6.45, 7) is 2.86. The summed E-state index contributed by atoms with van der Waals surface area (Å²) in [4.78, 5) is 45.9. The number of hydrogen-bond acceptors (Lipinski definition) is 6.